The predicted molar refractivity (Wildman–Crippen MR) is 128 cm³/mol. The SMILES string of the molecule is Cc1cc(C)c(C)c(S(=O)(=O)N2CCN(C(=O)c3ccc(N4CCCC4=O)cc3)CC2)c1C. The number of nitrogens with zero attached hydrogens (tertiary/aromatic N) is 3. The summed E-state index contributed by atoms with van der Waals surface area (Å²) in [5, 5.41) is 0. The minimum Gasteiger partial charge on any atom is -0.336 e. The average molecular weight is 470 g/mol. The van der Waals surface area contributed by atoms with Gasteiger partial charge in [0.05, 0.1) is 4.90 Å². The van der Waals surface area contributed by atoms with Crippen molar-refractivity contribution < 1.29 is 18.0 Å². The van der Waals surface area contributed by atoms with Crippen molar-refractivity contribution in [2.24, 2.45) is 0 Å². The summed E-state index contributed by atoms with van der Waals surface area (Å²) in [6, 6.07) is 9.13. The molecule has 0 saturated carbocycles. The maximum Gasteiger partial charge on any atom is 0.253 e. The number of carbonyl (C=O) groups is 2. The van der Waals surface area contributed by atoms with E-state index in [4.69, 9.17) is 0 Å². The molecule has 33 heavy (non-hydrogen) atoms. The standard InChI is InChI=1S/C25H31N3O4S/c1-17-16-18(2)20(4)24(19(17)3)33(31,32)27-14-12-26(13-15-27)25(30)21-7-9-22(10-8-21)28-11-5-6-23(28)29/h7-10,16H,5-6,11-15H2,1-4H3. The Labute approximate surface area is 196 Å². The van der Waals surface area contributed by atoms with Crippen LogP contribution >= 0.6 is 0 Å². The van der Waals surface area contributed by atoms with E-state index in [1.807, 2.05) is 45.9 Å². The lowest BCUT2D eigenvalue weighted by Crippen LogP contribution is -2.50. The lowest BCUT2D eigenvalue weighted by Gasteiger charge is -2.35. The van der Waals surface area contributed by atoms with E-state index in [9.17, 15) is 18.0 Å². The van der Waals surface area contributed by atoms with E-state index < -0.39 is 10.0 Å². The van der Waals surface area contributed by atoms with Crippen molar-refractivity contribution in [1.29, 1.82) is 0 Å². The first-order valence-electron chi connectivity index (χ1n) is 11.4. The summed E-state index contributed by atoms with van der Waals surface area (Å²) in [4.78, 5) is 28.8. The molecule has 2 aromatic rings. The molecule has 2 heterocycles. The fourth-order valence-corrected chi connectivity index (χ4v) is 6.71. The summed E-state index contributed by atoms with van der Waals surface area (Å²) in [6.07, 6.45) is 1.42. The third-order valence-corrected chi connectivity index (χ3v) is 9.09. The van der Waals surface area contributed by atoms with Gasteiger partial charge in [-0.2, -0.15) is 4.31 Å². The largest absolute Gasteiger partial charge is 0.336 e. The first-order valence-corrected chi connectivity index (χ1v) is 12.8. The Morgan fingerprint density at radius 1 is 0.848 bits per heavy atom. The van der Waals surface area contributed by atoms with Crippen LogP contribution in [0.2, 0.25) is 0 Å². The number of aryl methyl sites for hydroxylation is 2. The molecule has 2 fully saturated rings. The lowest BCUT2D eigenvalue weighted by atomic mass is 10.0. The number of benzene rings is 2. The number of anilines is 1. The van der Waals surface area contributed by atoms with Crippen LogP contribution in [0.15, 0.2) is 35.2 Å². The smallest absolute Gasteiger partial charge is 0.253 e. The lowest BCUT2D eigenvalue weighted by molar-refractivity contribution is -0.117. The minimum atomic E-state index is -3.64. The van der Waals surface area contributed by atoms with Gasteiger partial charge in [0.1, 0.15) is 0 Å². The summed E-state index contributed by atoms with van der Waals surface area (Å²) in [7, 11) is -3.64. The fraction of sp³-hybridized carbons (Fsp3) is 0.440. The van der Waals surface area contributed by atoms with E-state index in [0.717, 1.165) is 34.4 Å². The van der Waals surface area contributed by atoms with Crippen LogP contribution in [0.4, 0.5) is 5.69 Å². The summed E-state index contributed by atoms with van der Waals surface area (Å²) < 4.78 is 28.4. The van der Waals surface area contributed by atoms with Gasteiger partial charge in [-0.1, -0.05) is 6.07 Å². The van der Waals surface area contributed by atoms with Crippen molar-refractivity contribution >= 4 is 27.5 Å². The monoisotopic (exact) mass is 469 g/mol. The van der Waals surface area contributed by atoms with Gasteiger partial charge in [0, 0.05) is 50.4 Å². The van der Waals surface area contributed by atoms with Gasteiger partial charge in [-0.15, -0.1) is 0 Å². The quantitative estimate of drug-likeness (QED) is 0.689. The Balaban J connectivity index is 1.46. The van der Waals surface area contributed by atoms with Gasteiger partial charge in [-0.3, -0.25) is 9.59 Å². The van der Waals surface area contributed by atoms with Gasteiger partial charge in [0.25, 0.3) is 5.91 Å². The number of amides is 2. The van der Waals surface area contributed by atoms with Gasteiger partial charge >= 0.3 is 0 Å². The zero-order valence-corrected chi connectivity index (χ0v) is 20.5. The van der Waals surface area contributed by atoms with Crippen LogP contribution in [0.5, 0.6) is 0 Å². The number of sulfonamides is 1. The number of piperazine rings is 1. The Morgan fingerprint density at radius 3 is 1.94 bits per heavy atom. The molecule has 2 amide bonds. The molecular formula is C25H31N3O4S. The molecule has 0 N–H and O–H groups in total. The van der Waals surface area contributed by atoms with E-state index >= 15 is 0 Å². The second-order valence-electron chi connectivity index (χ2n) is 8.98. The van der Waals surface area contributed by atoms with Crippen LogP contribution in [0.3, 0.4) is 0 Å². The third-order valence-electron chi connectivity index (χ3n) is 6.92. The van der Waals surface area contributed by atoms with Gasteiger partial charge in [-0.25, -0.2) is 8.42 Å². The van der Waals surface area contributed by atoms with Crippen molar-refractivity contribution in [1.82, 2.24) is 9.21 Å². The molecule has 7 nitrogen and oxygen atoms in total. The molecule has 0 spiro atoms. The first-order chi connectivity index (χ1) is 15.6. The molecule has 0 aromatic heterocycles. The molecule has 0 unspecified atom stereocenters. The molecule has 0 bridgehead atoms. The molecule has 8 heteroatoms. The second kappa shape index (κ2) is 8.91. The van der Waals surface area contributed by atoms with Crippen molar-refractivity contribution in [3.8, 4) is 0 Å². The van der Waals surface area contributed by atoms with Crippen LogP contribution in [-0.4, -0.2) is 62.2 Å². The Kier molecular flexibility index (Phi) is 6.33. The van der Waals surface area contributed by atoms with Gasteiger partial charge in [0.2, 0.25) is 15.9 Å². The highest BCUT2D eigenvalue weighted by Gasteiger charge is 2.33. The molecule has 2 saturated heterocycles. The zero-order valence-electron chi connectivity index (χ0n) is 19.7. The van der Waals surface area contributed by atoms with Gasteiger partial charge in [-0.05, 0) is 80.6 Å². The molecule has 2 aliphatic rings. The van der Waals surface area contributed by atoms with E-state index in [2.05, 4.69) is 0 Å². The van der Waals surface area contributed by atoms with Gasteiger partial charge in [0.15, 0.2) is 0 Å². The molecule has 0 radical (unpaired) electrons. The topological polar surface area (TPSA) is 78.0 Å². The Morgan fingerprint density at radius 2 is 1.42 bits per heavy atom. The zero-order chi connectivity index (χ0) is 23.9. The van der Waals surface area contributed by atoms with E-state index in [1.165, 1.54) is 4.31 Å². The Hall–Kier alpha value is -2.71. The molecule has 4 rings (SSSR count). The highest BCUT2D eigenvalue weighted by Crippen LogP contribution is 2.29. The van der Waals surface area contributed by atoms with Crippen LogP contribution < -0.4 is 4.90 Å². The van der Waals surface area contributed by atoms with Crippen LogP contribution in [0.1, 0.15) is 45.5 Å². The van der Waals surface area contributed by atoms with E-state index in [-0.39, 0.29) is 24.9 Å². The second-order valence-corrected chi connectivity index (χ2v) is 10.9. The normalized spacial score (nSPS) is 17.6. The average Bonchev–Trinajstić information content (AvgIpc) is 3.23. The number of hydrogen-bond acceptors (Lipinski definition) is 4. The van der Waals surface area contributed by atoms with Crippen LogP contribution in [0.25, 0.3) is 0 Å². The van der Waals surface area contributed by atoms with Crippen molar-refractivity contribution in [2.45, 2.75) is 45.4 Å². The first kappa shape index (κ1) is 23.4. The van der Waals surface area contributed by atoms with Crippen molar-refractivity contribution in [3.05, 3.63) is 58.1 Å². The summed E-state index contributed by atoms with van der Waals surface area (Å²) in [5.41, 5.74) is 4.85. The maximum atomic E-state index is 13.5. The summed E-state index contributed by atoms with van der Waals surface area (Å²) in [5.74, 6) is -0.00853. The molecule has 0 aliphatic carbocycles. The van der Waals surface area contributed by atoms with Crippen molar-refractivity contribution in [2.75, 3.05) is 37.6 Å². The van der Waals surface area contributed by atoms with Crippen LogP contribution in [-0.2, 0) is 14.8 Å². The number of rotatable bonds is 4. The van der Waals surface area contributed by atoms with Crippen LogP contribution in [0, 0.1) is 27.7 Å². The predicted octanol–water partition coefficient (Wildman–Crippen LogP) is 3.19. The molecule has 2 aliphatic heterocycles. The highest BCUT2D eigenvalue weighted by atomic mass is 32.2. The minimum absolute atomic E-state index is 0.112. The maximum absolute atomic E-state index is 13.5. The van der Waals surface area contributed by atoms with Gasteiger partial charge < -0.3 is 9.80 Å². The molecule has 176 valence electrons. The van der Waals surface area contributed by atoms with Crippen molar-refractivity contribution in [3.63, 3.8) is 0 Å². The fourth-order valence-electron chi connectivity index (χ4n) is 4.72. The molecule has 0 atom stereocenters. The third kappa shape index (κ3) is 4.29. The highest BCUT2D eigenvalue weighted by molar-refractivity contribution is 7.89. The number of carbonyl (C=O) groups excluding carboxylic acids is 2. The Bertz CT molecular complexity index is 1170. The summed E-state index contributed by atoms with van der Waals surface area (Å²) >= 11 is 0. The van der Waals surface area contributed by atoms with E-state index in [1.54, 1.807) is 21.9 Å². The molecular weight excluding hydrogens is 438 g/mol. The summed E-state index contributed by atoms with van der Waals surface area (Å²) in [6.45, 7) is 9.50. The number of hydrogen-bond donors (Lipinski definition) is 0. The molecule has 2 aromatic carbocycles. The van der Waals surface area contributed by atoms with E-state index in [0.29, 0.717) is 36.5 Å².